The molecule has 0 fully saturated rings. The van der Waals surface area contributed by atoms with Crippen LogP contribution in [0.1, 0.15) is 44.9 Å². The van der Waals surface area contributed by atoms with Gasteiger partial charge in [-0.15, -0.1) is 0 Å². The van der Waals surface area contributed by atoms with Crippen LogP contribution in [0.25, 0.3) is 0 Å². The third-order valence-corrected chi connectivity index (χ3v) is 3.83. The molecule has 2 rings (SSSR count). The molecular weight excluding hydrogens is 328 g/mol. The second kappa shape index (κ2) is 9.38. The Balaban J connectivity index is 1.88. The number of nitrogens with one attached hydrogen (secondary N) is 2. The Morgan fingerprint density at radius 1 is 1.23 bits per heavy atom. The number of aliphatic hydroxyl groups is 1. The Bertz CT molecular complexity index is 689. The summed E-state index contributed by atoms with van der Waals surface area (Å²) in [6.45, 7) is 9.75. The van der Waals surface area contributed by atoms with Gasteiger partial charge >= 0.3 is 0 Å². The van der Waals surface area contributed by atoms with Crippen molar-refractivity contribution in [2.24, 2.45) is 4.99 Å². The topological polar surface area (TPSA) is 82.7 Å². The summed E-state index contributed by atoms with van der Waals surface area (Å²) in [5.41, 5.74) is 1.04. The molecule has 0 aliphatic carbocycles. The summed E-state index contributed by atoms with van der Waals surface area (Å²) in [7, 11) is 0. The molecule has 1 aromatic heterocycles. The first kappa shape index (κ1) is 20.0. The van der Waals surface area contributed by atoms with Gasteiger partial charge in [0.05, 0.1) is 12.3 Å². The highest BCUT2D eigenvalue weighted by Crippen LogP contribution is 2.22. The zero-order chi connectivity index (χ0) is 19.0. The van der Waals surface area contributed by atoms with Crippen LogP contribution in [-0.2, 0) is 18.4 Å². The number of oxazole rings is 1. The van der Waals surface area contributed by atoms with Crippen LogP contribution in [0.3, 0.4) is 0 Å². The predicted molar refractivity (Wildman–Crippen MR) is 104 cm³/mol. The van der Waals surface area contributed by atoms with E-state index in [-0.39, 0.29) is 5.41 Å². The lowest BCUT2D eigenvalue weighted by Gasteiger charge is -2.15. The van der Waals surface area contributed by atoms with Gasteiger partial charge in [0.25, 0.3) is 0 Å². The smallest absolute Gasteiger partial charge is 0.216 e. The van der Waals surface area contributed by atoms with Gasteiger partial charge in [0, 0.05) is 24.9 Å². The summed E-state index contributed by atoms with van der Waals surface area (Å²) in [6, 6.07) is 9.94. The van der Waals surface area contributed by atoms with Gasteiger partial charge in [0.1, 0.15) is 12.3 Å². The van der Waals surface area contributed by atoms with Gasteiger partial charge in [-0.25, -0.2) is 9.98 Å². The molecule has 1 atom stereocenters. The second-order valence-electron chi connectivity index (χ2n) is 7.29. The number of benzene rings is 1. The quantitative estimate of drug-likeness (QED) is 0.523. The SMILES string of the molecule is CCNC(=NCc1ncc(C(C)(C)C)o1)NCC(O)Cc1ccccc1. The molecule has 142 valence electrons. The third kappa shape index (κ3) is 6.52. The van der Waals surface area contributed by atoms with E-state index in [4.69, 9.17) is 4.42 Å². The van der Waals surface area contributed by atoms with Crippen molar-refractivity contribution in [3.63, 3.8) is 0 Å². The van der Waals surface area contributed by atoms with Crippen molar-refractivity contribution in [2.45, 2.75) is 52.2 Å². The van der Waals surface area contributed by atoms with E-state index in [0.29, 0.717) is 31.4 Å². The molecule has 0 spiro atoms. The Hall–Kier alpha value is -2.34. The largest absolute Gasteiger partial charge is 0.443 e. The van der Waals surface area contributed by atoms with Crippen molar-refractivity contribution in [3.05, 3.63) is 53.7 Å². The van der Waals surface area contributed by atoms with Crippen LogP contribution in [0.15, 0.2) is 45.9 Å². The van der Waals surface area contributed by atoms with E-state index in [0.717, 1.165) is 17.9 Å². The van der Waals surface area contributed by atoms with Crippen molar-refractivity contribution in [2.75, 3.05) is 13.1 Å². The number of hydrogen-bond donors (Lipinski definition) is 3. The fourth-order valence-corrected chi connectivity index (χ4v) is 2.39. The highest BCUT2D eigenvalue weighted by Gasteiger charge is 2.19. The molecule has 0 aliphatic rings. The molecule has 0 radical (unpaired) electrons. The zero-order valence-electron chi connectivity index (χ0n) is 16.1. The number of guanidine groups is 1. The maximum Gasteiger partial charge on any atom is 0.216 e. The van der Waals surface area contributed by atoms with Crippen molar-refractivity contribution >= 4 is 5.96 Å². The zero-order valence-corrected chi connectivity index (χ0v) is 16.1. The van der Waals surface area contributed by atoms with Gasteiger partial charge in [0.2, 0.25) is 5.89 Å². The average molecular weight is 358 g/mol. The molecule has 0 saturated heterocycles. The van der Waals surface area contributed by atoms with Crippen molar-refractivity contribution in [1.29, 1.82) is 0 Å². The van der Waals surface area contributed by atoms with E-state index in [9.17, 15) is 5.11 Å². The van der Waals surface area contributed by atoms with Gasteiger partial charge in [-0.2, -0.15) is 0 Å². The highest BCUT2D eigenvalue weighted by atomic mass is 16.4. The molecule has 0 saturated carbocycles. The highest BCUT2D eigenvalue weighted by molar-refractivity contribution is 5.79. The molecular formula is C20H30N4O2. The van der Waals surface area contributed by atoms with Crippen LogP contribution in [0.4, 0.5) is 0 Å². The Morgan fingerprint density at radius 3 is 2.58 bits per heavy atom. The van der Waals surface area contributed by atoms with Crippen molar-refractivity contribution in [3.8, 4) is 0 Å². The van der Waals surface area contributed by atoms with Crippen LogP contribution >= 0.6 is 0 Å². The molecule has 6 heteroatoms. The molecule has 3 N–H and O–H groups in total. The molecule has 1 unspecified atom stereocenters. The molecule has 6 nitrogen and oxygen atoms in total. The first-order chi connectivity index (χ1) is 12.4. The maximum absolute atomic E-state index is 10.2. The van der Waals surface area contributed by atoms with Gasteiger partial charge in [-0.3, -0.25) is 0 Å². The van der Waals surface area contributed by atoms with E-state index in [1.807, 2.05) is 37.3 Å². The van der Waals surface area contributed by atoms with E-state index < -0.39 is 6.10 Å². The number of hydrogen-bond acceptors (Lipinski definition) is 4. The first-order valence-corrected chi connectivity index (χ1v) is 9.08. The molecule has 1 aromatic carbocycles. The van der Waals surface area contributed by atoms with E-state index in [1.165, 1.54) is 0 Å². The minimum Gasteiger partial charge on any atom is -0.443 e. The molecule has 0 bridgehead atoms. The third-order valence-electron chi connectivity index (χ3n) is 3.83. The van der Waals surface area contributed by atoms with E-state index in [2.05, 4.69) is 41.4 Å². The van der Waals surface area contributed by atoms with Crippen LogP contribution in [0, 0.1) is 0 Å². The summed E-state index contributed by atoms with van der Waals surface area (Å²) in [4.78, 5) is 8.77. The van der Waals surface area contributed by atoms with E-state index >= 15 is 0 Å². The van der Waals surface area contributed by atoms with Gasteiger partial charge < -0.3 is 20.2 Å². The monoisotopic (exact) mass is 358 g/mol. The Kier molecular flexibility index (Phi) is 7.21. The molecule has 2 aromatic rings. The number of aromatic nitrogens is 1. The van der Waals surface area contributed by atoms with Crippen LogP contribution in [0.2, 0.25) is 0 Å². The summed E-state index contributed by atoms with van der Waals surface area (Å²) in [6.07, 6.45) is 1.87. The Morgan fingerprint density at radius 2 is 1.96 bits per heavy atom. The average Bonchev–Trinajstić information content (AvgIpc) is 3.08. The summed E-state index contributed by atoms with van der Waals surface area (Å²) >= 11 is 0. The predicted octanol–water partition coefficient (Wildman–Crippen LogP) is 2.63. The van der Waals surface area contributed by atoms with E-state index in [1.54, 1.807) is 6.20 Å². The number of aliphatic hydroxyl groups excluding tert-OH is 1. The lowest BCUT2D eigenvalue weighted by atomic mass is 9.94. The second-order valence-corrected chi connectivity index (χ2v) is 7.29. The fourth-order valence-electron chi connectivity index (χ4n) is 2.39. The number of aliphatic imine (C=N–C) groups is 1. The van der Waals surface area contributed by atoms with Crippen LogP contribution in [0.5, 0.6) is 0 Å². The molecule has 0 aliphatic heterocycles. The summed E-state index contributed by atoms with van der Waals surface area (Å²) < 4.78 is 5.76. The van der Waals surface area contributed by atoms with Gasteiger partial charge in [-0.1, -0.05) is 51.1 Å². The minimum atomic E-state index is -0.490. The number of nitrogens with zero attached hydrogens (tertiary/aromatic N) is 2. The normalized spacial score (nSPS) is 13.5. The van der Waals surface area contributed by atoms with Gasteiger partial charge in [0.15, 0.2) is 5.96 Å². The first-order valence-electron chi connectivity index (χ1n) is 9.08. The molecule has 1 heterocycles. The molecule has 26 heavy (non-hydrogen) atoms. The standard InChI is InChI=1S/C20H30N4O2/c1-5-21-19(23-12-16(25)11-15-9-7-6-8-10-15)24-14-18-22-13-17(26-18)20(2,3)4/h6-10,13,16,25H,5,11-12,14H2,1-4H3,(H2,21,23,24). The summed E-state index contributed by atoms with van der Waals surface area (Å²) in [5.74, 6) is 2.06. The lowest BCUT2D eigenvalue weighted by Crippen LogP contribution is -2.41. The lowest BCUT2D eigenvalue weighted by molar-refractivity contribution is 0.177. The fraction of sp³-hybridized carbons (Fsp3) is 0.500. The van der Waals surface area contributed by atoms with Crippen molar-refractivity contribution < 1.29 is 9.52 Å². The maximum atomic E-state index is 10.2. The summed E-state index contributed by atoms with van der Waals surface area (Å²) in [5, 5.41) is 16.6. The van der Waals surface area contributed by atoms with Crippen LogP contribution < -0.4 is 10.6 Å². The Labute approximate surface area is 155 Å². The van der Waals surface area contributed by atoms with Gasteiger partial charge in [-0.05, 0) is 12.5 Å². The minimum absolute atomic E-state index is 0.0702. The molecule has 0 amide bonds. The van der Waals surface area contributed by atoms with Crippen molar-refractivity contribution in [1.82, 2.24) is 15.6 Å². The number of rotatable bonds is 7. The van der Waals surface area contributed by atoms with Crippen LogP contribution in [-0.4, -0.2) is 35.2 Å².